The molecule has 0 atom stereocenters. The predicted molar refractivity (Wildman–Crippen MR) is 67.6 cm³/mol. The SMILES string of the molecule is CNC(=O)CCCCCCCn1c[c]nc1C. The lowest BCUT2D eigenvalue weighted by atomic mass is 10.1. The smallest absolute Gasteiger partial charge is 0.219 e. The van der Waals surface area contributed by atoms with Crippen LogP contribution in [0.5, 0.6) is 0 Å². The van der Waals surface area contributed by atoms with E-state index in [0.717, 1.165) is 25.2 Å². The highest BCUT2D eigenvalue weighted by Crippen LogP contribution is 2.07. The van der Waals surface area contributed by atoms with E-state index in [1.165, 1.54) is 19.3 Å². The van der Waals surface area contributed by atoms with Gasteiger partial charge in [0.25, 0.3) is 0 Å². The number of imidazole rings is 1. The monoisotopic (exact) mass is 236 g/mol. The summed E-state index contributed by atoms with van der Waals surface area (Å²) in [5.41, 5.74) is 0. The fraction of sp³-hybridized carbons (Fsp3) is 0.692. The summed E-state index contributed by atoms with van der Waals surface area (Å²) in [5, 5.41) is 2.64. The maximum Gasteiger partial charge on any atom is 0.219 e. The van der Waals surface area contributed by atoms with Gasteiger partial charge in [-0.25, -0.2) is 4.98 Å². The number of aromatic nitrogens is 2. The van der Waals surface area contributed by atoms with Gasteiger partial charge in [0.05, 0.1) is 0 Å². The zero-order valence-corrected chi connectivity index (χ0v) is 10.8. The van der Waals surface area contributed by atoms with E-state index in [-0.39, 0.29) is 5.91 Å². The minimum atomic E-state index is 0.148. The first-order chi connectivity index (χ1) is 8.24. The fourth-order valence-corrected chi connectivity index (χ4v) is 1.80. The number of aryl methyl sites for hydroxylation is 2. The molecule has 0 aliphatic carbocycles. The molecule has 0 bridgehead atoms. The van der Waals surface area contributed by atoms with E-state index in [0.29, 0.717) is 6.42 Å². The highest BCUT2D eigenvalue weighted by atomic mass is 16.1. The lowest BCUT2D eigenvalue weighted by Gasteiger charge is -2.04. The van der Waals surface area contributed by atoms with Gasteiger partial charge in [0, 0.05) is 26.2 Å². The summed E-state index contributed by atoms with van der Waals surface area (Å²) >= 11 is 0. The summed E-state index contributed by atoms with van der Waals surface area (Å²) < 4.78 is 2.13. The molecule has 1 N–H and O–H groups in total. The molecule has 0 spiro atoms. The van der Waals surface area contributed by atoms with Crippen LogP contribution in [0.15, 0.2) is 6.20 Å². The third kappa shape index (κ3) is 5.52. The van der Waals surface area contributed by atoms with Gasteiger partial charge in [-0.15, -0.1) is 0 Å². The third-order valence-electron chi connectivity index (χ3n) is 2.94. The van der Waals surface area contributed by atoms with E-state index in [1.54, 1.807) is 7.05 Å². The first kappa shape index (κ1) is 13.7. The lowest BCUT2D eigenvalue weighted by Crippen LogP contribution is -2.16. The predicted octanol–water partition coefficient (Wildman–Crippen LogP) is 2.08. The fourth-order valence-electron chi connectivity index (χ4n) is 1.80. The van der Waals surface area contributed by atoms with Crippen molar-refractivity contribution in [3.63, 3.8) is 0 Å². The topological polar surface area (TPSA) is 46.9 Å². The number of hydrogen-bond donors (Lipinski definition) is 1. The zero-order chi connectivity index (χ0) is 12.5. The van der Waals surface area contributed by atoms with Crippen LogP contribution in [0.25, 0.3) is 0 Å². The Morgan fingerprint density at radius 2 is 2.06 bits per heavy atom. The number of carbonyl (C=O) groups is 1. The Bertz CT molecular complexity index is 333. The van der Waals surface area contributed by atoms with Crippen molar-refractivity contribution in [3.05, 3.63) is 18.2 Å². The zero-order valence-electron chi connectivity index (χ0n) is 10.8. The number of nitrogens with zero attached hydrogens (tertiary/aromatic N) is 2. The summed E-state index contributed by atoms with van der Waals surface area (Å²) in [5.74, 6) is 1.18. The van der Waals surface area contributed by atoms with Gasteiger partial charge >= 0.3 is 0 Å². The molecule has 1 aromatic rings. The van der Waals surface area contributed by atoms with Crippen molar-refractivity contribution in [1.29, 1.82) is 0 Å². The van der Waals surface area contributed by atoms with Crippen molar-refractivity contribution in [2.75, 3.05) is 7.05 Å². The molecule has 1 amide bonds. The van der Waals surface area contributed by atoms with Gasteiger partial charge in [-0.05, 0) is 19.8 Å². The summed E-state index contributed by atoms with van der Waals surface area (Å²) in [6, 6.07) is 0. The van der Waals surface area contributed by atoms with Crippen LogP contribution in [0.3, 0.4) is 0 Å². The molecule has 1 heterocycles. The Hall–Kier alpha value is -1.32. The molecule has 0 fully saturated rings. The van der Waals surface area contributed by atoms with Gasteiger partial charge in [0.1, 0.15) is 12.0 Å². The number of rotatable bonds is 8. The Labute approximate surface area is 103 Å². The van der Waals surface area contributed by atoms with E-state index < -0.39 is 0 Å². The second-order valence-electron chi connectivity index (χ2n) is 4.30. The summed E-state index contributed by atoms with van der Waals surface area (Å²) in [7, 11) is 1.69. The average molecular weight is 236 g/mol. The quantitative estimate of drug-likeness (QED) is 0.702. The van der Waals surface area contributed by atoms with Crippen LogP contribution >= 0.6 is 0 Å². The van der Waals surface area contributed by atoms with Crippen molar-refractivity contribution in [1.82, 2.24) is 14.9 Å². The first-order valence-corrected chi connectivity index (χ1v) is 6.34. The number of amides is 1. The van der Waals surface area contributed by atoms with Crippen LogP contribution in [-0.4, -0.2) is 22.5 Å². The molecular weight excluding hydrogens is 214 g/mol. The highest BCUT2D eigenvalue weighted by Gasteiger charge is 1.98. The van der Waals surface area contributed by atoms with Crippen LogP contribution in [-0.2, 0) is 11.3 Å². The normalized spacial score (nSPS) is 10.5. The van der Waals surface area contributed by atoms with Crippen molar-refractivity contribution in [2.45, 2.75) is 52.0 Å². The number of carbonyl (C=O) groups excluding carboxylic acids is 1. The van der Waals surface area contributed by atoms with Gasteiger partial charge in [-0.3, -0.25) is 4.79 Å². The van der Waals surface area contributed by atoms with Gasteiger partial charge in [0.2, 0.25) is 5.91 Å². The molecule has 0 unspecified atom stereocenters. The van der Waals surface area contributed by atoms with Crippen molar-refractivity contribution >= 4 is 5.91 Å². The minimum absolute atomic E-state index is 0.148. The Morgan fingerprint density at radius 3 is 2.71 bits per heavy atom. The van der Waals surface area contributed by atoms with Crippen molar-refractivity contribution in [3.8, 4) is 0 Å². The van der Waals surface area contributed by atoms with Crippen molar-refractivity contribution < 1.29 is 4.79 Å². The minimum Gasteiger partial charge on any atom is -0.359 e. The largest absolute Gasteiger partial charge is 0.359 e. The molecule has 0 aliphatic heterocycles. The molecule has 17 heavy (non-hydrogen) atoms. The molecule has 0 saturated carbocycles. The molecular formula is C13H22N3O. The molecule has 95 valence electrons. The second kappa shape index (κ2) is 7.87. The number of nitrogens with one attached hydrogen (secondary N) is 1. The molecule has 1 rings (SSSR count). The van der Waals surface area contributed by atoms with E-state index >= 15 is 0 Å². The van der Waals surface area contributed by atoms with Gasteiger partial charge in [-0.1, -0.05) is 19.3 Å². The molecule has 4 heteroatoms. The Morgan fingerprint density at radius 1 is 1.35 bits per heavy atom. The summed E-state index contributed by atoms with van der Waals surface area (Å²) in [4.78, 5) is 15.0. The molecule has 0 aliphatic rings. The van der Waals surface area contributed by atoms with E-state index in [2.05, 4.69) is 21.1 Å². The van der Waals surface area contributed by atoms with Crippen LogP contribution in [0.2, 0.25) is 0 Å². The Kier molecular flexibility index (Phi) is 6.37. The standard InChI is InChI=1S/C13H22N3O/c1-12-15-9-11-16(12)10-7-5-3-4-6-8-13(17)14-2/h11H,3-8,10H2,1-2H3,(H,14,17). The van der Waals surface area contributed by atoms with Crippen LogP contribution in [0.1, 0.15) is 44.3 Å². The first-order valence-electron chi connectivity index (χ1n) is 6.34. The number of hydrogen-bond acceptors (Lipinski definition) is 2. The van der Waals surface area contributed by atoms with Crippen LogP contribution < -0.4 is 5.32 Å². The average Bonchev–Trinajstić information content (AvgIpc) is 2.73. The van der Waals surface area contributed by atoms with Gasteiger partial charge in [-0.2, -0.15) is 0 Å². The van der Waals surface area contributed by atoms with E-state index in [1.807, 2.05) is 13.1 Å². The lowest BCUT2D eigenvalue weighted by molar-refractivity contribution is -0.120. The van der Waals surface area contributed by atoms with Crippen LogP contribution in [0, 0.1) is 13.1 Å². The second-order valence-corrected chi connectivity index (χ2v) is 4.30. The Balaban J connectivity index is 1.95. The molecule has 4 nitrogen and oxygen atoms in total. The molecule has 0 saturated heterocycles. The highest BCUT2D eigenvalue weighted by molar-refractivity contribution is 5.75. The molecule has 0 aromatic carbocycles. The van der Waals surface area contributed by atoms with Gasteiger partial charge < -0.3 is 9.88 Å². The van der Waals surface area contributed by atoms with Crippen LogP contribution in [0.4, 0.5) is 0 Å². The van der Waals surface area contributed by atoms with Gasteiger partial charge in [0.15, 0.2) is 0 Å². The maximum absolute atomic E-state index is 11.0. The number of unbranched alkanes of at least 4 members (excludes halogenated alkanes) is 4. The van der Waals surface area contributed by atoms with E-state index in [4.69, 9.17) is 0 Å². The molecule has 1 radical (unpaired) electrons. The maximum atomic E-state index is 11.0. The van der Waals surface area contributed by atoms with Crippen molar-refractivity contribution in [2.24, 2.45) is 0 Å². The summed E-state index contributed by atoms with van der Waals surface area (Å²) in [6.07, 6.45) is 11.1. The summed E-state index contributed by atoms with van der Waals surface area (Å²) in [6.45, 7) is 3.03. The van der Waals surface area contributed by atoms with E-state index in [9.17, 15) is 4.79 Å². The molecule has 1 aromatic heterocycles. The third-order valence-corrected chi connectivity index (χ3v) is 2.94.